The van der Waals surface area contributed by atoms with Gasteiger partial charge in [0.2, 0.25) is 0 Å². The third-order valence-electron chi connectivity index (χ3n) is 1.85. The second-order valence-corrected chi connectivity index (χ2v) is 3.12. The Balaban J connectivity index is 3.33. The van der Waals surface area contributed by atoms with Gasteiger partial charge in [-0.05, 0) is 6.07 Å². The third kappa shape index (κ3) is 2.31. The summed E-state index contributed by atoms with van der Waals surface area (Å²) in [4.78, 5) is 4.45. The van der Waals surface area contributed by atoms with Gasteiger partial charge in [0, 0.05) is 5.56 Å². The van der Waals surface area contributed by atoms with Gasteiger partial charge in [0.1, 0.15) is 0 Å². The molecule has 0 saturated carbocycles. The summed E-state index contributed by atoms with van der Waals surface area (Å²) in [6.45, 7) is 0.0551. The quantitative estimate of drug-likeness (QED) is 0.810. The average Bonchev–Trinajstić information content (AvgIpc) is 2.23. The summed E-state index contributed by atoms with van der Waals surface area (Å²) in [6.07, 6.45) is 0. The Morgan fingerprint density at radius 3 is 2.40 bits per heavy atom. The van der Waals surface area contributed by atoms with Crippen LogP contribution in [0.15, 0.2) is 6.07 Å². The molecule has 1 rings (SSSR count). The molecule has 0 atom stereocenters. The Kier molecular flexibility index (Phi) is 4.14. The summed E-state index contributed by atoms with van der Waals surface area (Å²) in [6, 6.07) is 1.38. The van der Waals surface area contributed by atoms with Crippen LogP contribution in [0.25, 0.3) is 0 Å². The second kappa shape index (κ2) is 5.16. The molecule has 0 spiro atoms. The fraction of sp³-hybridized carbons (Fsp3) is 0.333. The Morgan fingerprint density at radius 2 is 1.93 bits per heavy atom. The molecule has 0 aromatic heterocycles. The fourth-order valence-corrected chi connectivity index (χ4v) is 1.46. The highest BCUT2D eigenvalue weighted by Crippen LogP contribution is 2.38. The summed E-state index contributed by atoms with van der Waals surface area (Å²) < 4.78 is 23.3. The molecule has 1 aromatic carbocycles. The normalized spacial score (nSPS) is 10.2. The van der Waals surface area contributed by atoms with E-state index in [2.05, 4.69) is 4.84 Å². The zero-order valence-electron chi connectivity index (χ0n) is 8.34. The van der Waals surface area contributed by atoms with Crippen molar-refractivity contribution in [2.75, 3.05) is 14.2 Å². The number of nitrogens with two attached hydrogens (primary N) is 1. The lowest BCUT2D eigenvalue weighted by Crippen LogP contribution is -2.04. The van der Waals surface area contributed by atoms with E-state index in [1.54, 1.807) is 0 Å². The van der Waals surface area contributed by atoms with Crippen molar-refractivity contribution >= 4 is 11.6 Å². The summed E-state index contributed by atoms with van der Waals surface area (Å²) in [7, 11) is 2.72. The predicted octanol–water partition coefficient (Wildman–Crippen LogP) is 1.89. The van der Waals surface area contributed by atoms with Crippen molar-refractivity contribution in [3.05, 3.63) is 22.5 Å². The summed E-state index contributed by atoms with van der Waals surface area (Å²) in [5.74, 6) is 4.43. The van der Waals surface area contributed by atoms with Crippen molar-refractivity contribution in [1.29, 1.82) is 0 Å². The van der Waals surface area contributed by atoms with Crippen LogP contribution in [0, 0.1) is 5.82 Å². The fourth-order valence-electron chi connectivity index (χ4n) is 1.24. The van der Waals surface area contributed by atoms with Crippen LogP contribution in [0.5, 0.6) is 11.5 Å². The molecule has 0 radical (unpaired) electrons. The number of halogens is 2. The third-order valence-corrected chi connectivity index (χ3v) is 2.13. The van der Waals surface area contributed by atoms with Crippen LogP contribution in [0.1, 0.15) is 5.56 Å². The topological polar surface area (TPSA) is 53.7 Å². The zero-order valence-corrected chi connectivity index (χ0v) is 9.10. The van der Waals surface area contributed by atoms with E-state index in [0.717, 1.165) is 0 Å². The molecule has 0 unspecified atom stereocenters. The molecule has 0 amide bonds. The highest BCUT2D eigenvalue weighted by molar-refractivity contribution is 6.31. The van der Waals surface area contributed by atoms with E-state index in [0.29, 0.717) is 5.56 Å². The van der Waals surface area contributed by atoms with Crippen LogP contribution in [0.4, 0.5) is 4.39 Å². The second-order valence-electron chi connectivity index (χ2n) is 2.71. The van der Waals surface area contributed by atoms with Gasteiger partial charge in [-0.1, -0.05) is 11.6 Å². The first-order chi connectivity index (χ1) is 7.15. The van der Waals surface area contributed by atoms with Crippen LogP contribution in [-0.2, 0) is 11.4 Å². The lowest BCUT2D eigenvalue weighted by Gasteiger charge is -2.13. The molecule has 6 heteroatoms. The van der Waals surface area contributed by atoms with Gasteiger partial charge in [-0.3, -0.25) is 4.84 Å². The molecule has 1 aromatic rings. The molecule has 84 valence electrons. The molecule has 0 bridgehead atoms. The van der Waals surface area contributed by atoms with Gasteiger partial charge in [-0.25, -0.2) is 10.3 Å². The van der Waals surface area contributed by atoms with Crippen molar-refractivity contribution in [1.82, 2.24) is 0 Å². The number of rotatable bonds is 4. The molecule has 0 fully saturated rings. The molecule has 0 aliphatic heterocycles. The zero-order chi connectivity index (χ0) is 11.4. The molecule has 2 N–H and O–H groups in total. The van der Waals surface area contributed by atoms with E-state index in [-0.39, 0.29) is 23.1 Å². The lowest BCUT2D eigenvalue weighted by molar-refractivity contribution is 0.121. The number of ether oxygens (including phenoxy) is 2. The van der Waals surface area contributed by atoms with Gasteiger partial charge in [0.15, 0.2) is 17.3 Å². The van der Waals surface area contributed by atoms with E-state index in [1.807, 2.05) is 0 Å². The molecule has 0 saturated heterocycles. The first-order valence-corrected chi connectivity index (χ1v) is 4.44. The minimum absolute atomic E-state index is 0.0551. The molecule has 0 aliphatic rings. The maximum absolute atomic E-state index is 13.5. The maximum Gasteiger partial charge on any atom is 0.198 e. The molecule has 15 heavy (non-hydrogen) atoms. The van der Waals surface area contributed by atoms with Gasteiger partial charge >= 0.3 is 0 Å². The van der Waals surface area contributed by atoms with Gasteiger partial charge in [0.25, 0.3) is 0 Å². The van der Waals surface area contributed by atoms with Gasteiger partial charge in [-0.2, -0.15) is 0 Å². The highest BCUT2D eigenvalue weighted by Gasteiger charge is 2.18. The summed E-state index contributed by atoms with van der Waals surface area (Å²) >= 11 is 5.66. The van der Waals surface area contributed by atoms with Crippen molar-refractivity contribution in [2.45, 2.75) is 6.61 Å². The Hall–Kier alpha value is -1.04. The van der Waals surface area contributed by atoms with Crippen LogP contribution >= 0.6 is 11.6 Å². The molecule has 0 aliphatic carbocycles. The number of methoxy groups -OCH3 is 2. The maximum atomic E-state index is 13.5. The molecule has 4 nitrogen and oxygen atoms in total. The molecular weight excluding hydrogens is 225 g/mol. The van der Waals surface area contributed by atoms with E-state index < -0.39 is 5.82 Å². The Bertz CT molecular complexity index is 360. The van der Waals surface area contributed by atoms with Crippen molar-refractivity contribution < 1.29 is 18.7 Å². The SMILES string of the molecule is COc1c(CON)cc(Cl)c(F)c1OC. The molecule has 0 heterocycles. The minimum atomic E-state index is -0.670. The summed E-state index contributed by atoms with van der Waals surface area (Å²) in [5.41, 5.74) is 0.517. The van der Waals surface area contributed by atoms with Crippen molar-refractivity contribution in [3.8, 4) is 11.5 Å². The number of hydrogen-bond acceptors (Lipinski definition) is 4. The predicted molar refractivity (Wildman–Crippen MR) is 53.5 cm³/mol. The minimum Gasteiger partial charge on any atom is -0.492 e. The standard InChI is InChI=1S/C9H11ClFNO3/c1-13-8-5(4-15-12)3-6(10)7(11)9(8)14-2/h3H,4,12H2,1-2H3. The molecular formula is C9H11ClFNO3. The number of hydrogen-bond donors (Lipinski definition) is 1. The smallest absolute Gasteiger partial charge is 0.198 e. The van der Waals surface area contributed by atoms with E-state index in [1.165, 1.54) is 20.3 Å². The van der Waals surface area contributed by atoms with Crippen molar-refractivity contribution in [2.24, 2.45) is 5.90 Å². The van der Waals surface area contributed by atoms with Crippen LogP contribution in [-0.4, -0.2) is 14.2 Å². The Morgan fingerprint density at radius 1 is 1.33 bits per heavy atom. The lowest BCUT2D eigenvalue weighted by atomic mass is 10.2. The van der Waals surface area contributed by atoms with E-state index in [4.69, 9.17) is 27.0 Å². The van der Waals surface area contributed by atoms with Crippen LogP contribution < -0.4 is 15.4 Å². The first kappa shape index (κ1) is 12.0. The van der Waals surface area contributed by atoms with Gasteiger partial charge < -0.3 is 9.47 Å². The van der Waals surface area contributed by atoms with Crippen LogP contribution in [0.2, 0.25) is 5.02 Å². The number of benzene rings is 1. The van der Waals surface area contributed by atoms with Gasteiger partial charge in [-0.15, -0.1) is 0 Å². The Labute approximate surface area is 91.6 Å². The van der Waals surface area contributed by atoms with Crippen LogP contribution in [0.3, 0.4) is 0 Å². The average molecular weight is 236 g/mol. The van der Waals surface area contributed by atoms with E-state index in [9.17, 15) is 4.39 Å². The highest BCUT2D eigenvalue weighted by atomic mass is 35.5. The first-order valence-electron chi connectivity index (χ1n) is 4.06. The van der Waals surface area contributed by atoms with Gasteiger partial charge in [0.05, 0.1) is 25.8 Å². The van der Waals surface area contributed by atoms with E-state index >= 15 is 0 Å². The van der Waals surface area contributed by atoms with Crippen molar-refractivity contribution in [3.63, 3.8) is 0 Å². The monoisotopic (exact) mass is 235 g/mol. The largest absolute Gasteiger partial charge is 0.492 e. The summed E-state index contributed by atoms with van der Waals surface area (Å²) in [5, 5.41) is -0.0697.